The second kappa shape index (κ2) is 10.5. The van der Waals surface area contributed by atoms with Crippen LogP contribution in [0.2, 0.25) is 0 Å². The molecule has 0 radical (unpaired) electrons. The average Bonchev–Trinajstić information content (AvgIpc) is 2.84. The molecule has 1 atom stereocenters. The minimum absolute atomic E-state index is 0.112. The molecule has 0 spiro atoms. The van der Waals surface area contributed by atoms with Crippen LogP contribution in [-0.2, 0) is 11.4 Å². The van der Waals surface area contributed by atoms with Gasteiger partial charge in [-0.3, -0.25) is 9.59 Å². The second-order valence-electron chi connectivity index (χ2n) is 9.81. The maximum Gasteiger partial charge on any atom is 0.306 e. The van der Waals surface area contributed by atoms with E-state index in [1.54, 1.807) is 24.3 Å². The van der Waals surface area contributed by atoms with E-state index in [9.17, 15) is 19.1 Å². The number of carbonyl (C=O) groups is 1. The summed E-state index contributed by atoms with van der Waals surface area (Å²) in [6, 6.07) is 13.7. The fraction of sp³-hybridized carbons (Fsp3) is 0.310. The lowest BCUT2D eigenvalue weighted by atomic mass is 9.71. The molecule has 0 saturated heterocycles. The van der Waals surface area contributed by atoms with Crippen LogP contribution in [0.25, 0.3) is 16.7 Å². The summed E-state index contributed by atoms with van der Waals surface area (Å²) in [6.45, 7) is 4.57. The molecule has 7 heteroatoms. The van der Waals surface area contributed by atoms with E-state index in [1.165, 1.54) is 6.07 Å². The average molecular weight is 492 g/mol. The van der Waals surface area contributed by atoms with Crippen LogP contribution in [0, 0.1) is 11.2 Å². The van der Waals surface area contributed by atoms with Gasteiger partial charge in [-0.2, -0.15) is 0 Å². The van der Waals surface area contributed by atoms with Crippen LogP contribution in [0.3, 0.4) is 0 Å². The van der Waals surface area contributed by atoms with Gasteiger partial charge in [0.25, 0.3) is 0 Å². The van der Waals surface area contributed by atoms with E-state index < -0.39 is 24.3 Å². The number of pyridine rings is 1. The molecular weight excluding hydrogens is 461 g/mol. The van der Waals surface area contributed by atoms with Gasteiger partial charge in [0.1, 0.15) is 18.2 Å². The molecule has 1 aliphatic rings. The maximum atomic E-state index is 14.8. The molecule has 0 bridgehead atoms. The number of hydrogen-bond donors (Lipinski definition) is 3. The van der Waals surface area contributed by atoms with E-state index >= 15 is 0 Å². The summed E-state index contributed by atoms with van der Waals surface area (Å²) in [5.41, 5.74) is 3.74. The van der Waals surface area contributed by atoms with Gasteiger partial charge in [-0.05, 0) is 70.7 Å². The van der Waals surface area contributed by atoms with Crippen LogP contribution in [0.1, 0.15) is 62.3 Å². The molecule has 3 N–H and O–H groups in total. The number of aliphatic carboxylic acids is 1. The Hall–Kier alpha value is -3.71. The molecule has 4 rings (SSSR count). The highest BCUT2D eigenvalue weighted by atomic mass is 19.1. The number of H-pyrrole nitrogens is 1. The van der Waals surface area contributed by atoms with Crippen molar-refractivity contribution in [2.75, 3.05) is 0 Å². The standard InChI is InChI=1S/C29H30FNO5/c1-29(2)11-4-3-8-24(29)22-12-18(9-10-21(22)23-14-27(33)31-16-25(23)30)17-36-20-7-5-6-19(13-20)26(32)15-28(34)35/h5-10,12-14,16,26,32H,3-4,11,15,17H2,1-2H3,(H,31,33)(H,34,35)/t26-/m1/s1. The Labute approximate surface area is 209 Å². The Morgan fingerprint density at radius 2 is 1.94 bits per heavy atom. The van der Waals surface area contributed by atoms with Crippen LogP contribution in [0.5, 0.6) is 5.75 Å². The van der Waals surface area contributed by atoms with Crippen molar-refractivity contribution < 1.29 is 24.1 Å². The largest absolute Gasteiger partial charge is 0.489 e. The summed E-state index contributed by atoms with van der Waals surface area (Å²) in [6.07, 6.45) is 4.79. The predicted octanol–water partition coefficient (Wildman–Crippen LogP) is 5.86. The van der Waals surface area contributed by atoms with Crippen molar-refractivity contribution in [3.63, 3.8) is 0 Å². The molecule has 0 amide bonds. The number of allylic oxidation sites excluding steroid dienone is 2. The Kier molecular flexibility index (Phi) is 7.40. The number of carboxylic acid groups (broad SMARTS) is 1. The van der Waals surface area contributed by atoms with Crippen molar-refractivity contribution in [2.45, 2.75) is 52.2 Å². The van der Waals surface area contributed by atoms with Crippen LogP contribution in [0.15, 0.2) is 65.6 Å². The molecule has 0 fully saturated rings. The monoisotopic (exact) mass is 491 g/mol. The number of carboxylic acids is 1. The lowest BCUT2D eigenvalue weighted by Crippen LogP contribution is -2.18. The first-order valence-corrected chi connectivity index (χ1v) is 12.0. The molecule has 6 nitrogen and oxygen atoms in total. The van der Waals surface area contributed by atoms with Gasteiger partial charge in [0.05, 0.1) is 12.5 Å². The SMILES string of the molecule is CC1(C)CCCC=C1c1cc(COc2cccc([C@H](O)CC(=O)O)c2)ccc1-c1cc(=O)[nH]cc1F. The Balaban J connectivity index is 1.67. The third kappa shape index (κ3) is 5.74. The van der Waals surface area contributed by atoms with Gasteiger partial charge in [-0.25, -0.2) is 4.39 Å². The van der Waals surface area contributed by atoms with Crippen LogP contribution in [0.4, 0.5) is 4.39 Å². The van der Waals surface area contributed by atoms with Crippen molar-refractivity contribution in [1.29, 1.82) is 0 Å². The van der Waals surface area contributed by atoms with Gasteiger partial charge < -0.3 is 19.9 Å². The highest BCUT2D eigenvalue weighted by molar-refractivity contribution is 5.84. The summed E-state index contributed by atoms with van der Waals surface area (Å²) in [5.74, 6) is -1.08. The number of halogens is 1. The Bertz CT molecular complexity index is 1360. The molecule has 1 aromatic heterocycles. The second-order valence-corrected chi connectivity index (χ2v) is 9.81. The molecule has 2 aromatic carbocycles. The topological polar surface area (TPSA) is 99.6 Å². The van der Waals surface area contributed by atoms with Crippen LogP contribution in [-0.4, -0.2) is 21.2 Å². The Morgan fingerprint density at radius 3 is 2.69 bits per heavy atom. The number of hydrogen-bond acceptors (Lipinski definition) is 4. The maximum absolute atomic E-state index is 14.8. The first-order valence-electron chi connectivity index (χ1n) is 12.0. The fourth-order valence-electron chi connectivity index (χ4n) is 4.74. The molecule has 3 aromatic rings. The predicted molar refractivity (Wildman–Crippen MR) is 136 cm³/mol. The summed E-state index contributed by atoms with van der Waals surface area (Å²) in [7, 11) is 0. The smallest absolute Gasteiger partial charge is 0.306 e. The van der Waals surface area contributed by atoms with Crippen molar-refractivity contribution in [3.05, 3.63) is 93.7 Å². The lowest BCUT2D eigenvalue weighted by molar-refractivity contribution is -0.139. The van der Waals surface area contributed by atoms with Crippen molar-refractivity contribution in [3.8, 4) is 16.9 Å². The summed E-state index contributed by atoms with van der Waals surface area (Å²) in [5, 5.41) is 19.0. The van der Waals surface area contributed by atoms with Crippen molar-refractivity contribution in [1.82, 2.24) is 4.98 Å². The van der Waals surface area contributed by atoms with Gasteiger partial charge >= 0.3 is 5.97 Å². The summed E-state index contributed by atoms with van der Waals surface area (Å²) >= 11 is 0. The number of aromatic nitrogens is 1. The van der Waals surface area contributed by atoms with E-state index in [0.717, 1.165) is 42.2 Å². The molecule has 1 heterocycles. The molecule has 188 valence electrons. The number of nitrogens with one attached hydrogen (secondary N) is 1. The van der Waals surface area contributed by atoms with E-state index in [1.807, 2.05) is 18.2 Å². The minimum atomic E-state index is -1.12. The molecule has 0 aliphatic heterocycles. The first-order chi connectivity index (χ1) is 17.1. The van der Waals surface area contributed by atoms with E-state index in [0.29, 0.717) is 16.9 Å². The normalized spacial score (nSPS) is 15.7. The number of ether oxygens (including phenoxy) is 1. The molecule has 36 heavy (non-hydrogen) atoms. The Morgan fingerprint density at radius 1 is 1.14 bits per heavy atom. The number of aliphatic hydroxyl groups excluding tert-OH is 1. The highest BCUT2D eigenvalue weighted by Gasteiger charge is 2.29. The van der Waals surface area contributed by atoms with Gasteiger partial charge in [0.15, 0.2) is 0 Å². The van der Waals surface area contributed by atoms with Gasteiger partial charge in [-0.15, -0.1) is 0 Å². The van der Waals surface area contributed by atoms with Crippen molar-refractivity contribution >= 4 is 11.5 Å². The van der Waals surface area contributed by atoms with Gasteiger partial charge in [0.2, 0.25) is 5.56 Å². The zero-order valence-electron chi connectivity index (χ0n) is 20.4. The zero-order valence-corrected chi connectivity index (χ0v) is 20.4. The molecular formula is C29H30FNO5. The number of rotatable bonds is 8. The zero-order chi connectivity index (χ0) is 25.9. The lowest BCUT2D eigenvalue weighted by Gasteiger charge is -2.33. The van der Waals surface area contributed by atoms with E-state index in [2.05, 4.69) is 24.9 Å². The third-order valence-electron chi connectivity index (χ3n) is 6.64. The van der Waals surface area contributed by atoms with Crippen molar-refractivity contribution in [2.24, 2.45) is 5.41 Å². The molecule has 1 aliphatic carbocycles. The third-order valence-corrected chi connectivity index (χ3v) is 6.64. The van der Waals surface area contributed by atoms with E-state index in [-0.39, 0.29) is 23.1 Å². The van der Waals surface area contributed by atoms with Crippen LogP contribution < -0.4 is 10.3 Å². The van der Waals surface area contributed by atoms with Gasteiger partial charge in [0, 0.05) is 17.8 Å². The van der Waals surface area contributed by atoms with Gasteiger partial charge in [-0.1, -0.05) is 44.2 Å². The fourth-order valence-corrected chi connectivity index (χ4v) is 4.74. The minimum Gasteiger partial charge on any atom is -0.489 e. The highest BCUT2D eigenvalue weighted by Crippen LogP contribution is 2.45. The summed E-state index contributed by atoms with van der Waals surface area (Å²) < 4.78 is 20.7. The number of aliphatic hydroxyl groups is 1. The molecule has 0 unspecified atom stereocenters. The quantitative estimate of drug-likeness (QED) is 0.366. The number of benzene rings is 2. The number of aromatic amines is 1. The van der Waals surface area contributed by atoms with Crippen LogP contribution >= 0.6 is 0 Å². The van der Waals surface area contributed by atoms with E-state index in [4.69, 9.17) is 9.84 Å². The first kappa shape index (κ1) is 25.4. The summed E-state index contributed by atoms with van der Waals surface area (Å²) in [4.78, 5) is 25.3. The molecule has 0 saturated carbocycles.